The molecular formula is C21H38O5. The number of hydrogen-bond donors (Lipinski definition) is 3. The lowest BCUT2D eigenvalue weighted by Crippen LogP contribution is -2.25. The highest BCUT2D eigenvalue weighted by atomic mass is 16.5. The van der Waals surface area contributed by atoms with Crippen molar-refractivity contribution in [1.82, 2.24) is 0 Å². The number of aliphatic hydroxyl groups excluding tert-OH is 2. The van der Waals surface area contributed by atoms with E-state index >= 15 is 0 Å². The number of aliphatic hydroxyl groups is 3. The van der Waals surface area contributed by atoms with Crippen molar-refractivity contribution in [2.75, 3.05) is 7.11 Å². The van der Waals surface area contributed by atoms with Crippen LogP contribution in [0.15, 0.2) is 12.2 Å². The average molecular weight is 371 g/mol. The van der Waals surface area contributed by atoms with Crippen molar-refractivity contribution < 1.29 is 24.9 Å². The fourth-order valence-electron chi connectivity index (χ4n) is 3.75. The molecule has 0 bridgehead atoms. The molecule has 0 heterocycles. The fourth-order valence-corrected chi connectivity index (χ4v) is 3.75. The molecule has 0 aromatic heterocycles. The van der Waals surface area contributed by atoms with E-state index in [-0.39, 0.29) is 11.9 Å². The predicted molar refractivity (Wildman–Crippen MR) is 103 cm³/mol. The van der Waals surface area contributed by atoms with Gasteiger partial charge < -0.3 is 20.1 Å². The van der Waals surface area contributed by atoms with Crippen molar-refractivity contribution in [2.24, 2.45) is 5.92 Å². The number of esters is 1. The van der Waals surface area contributed by atoms with Crippen molar-refractivity contribution in [3.05, 3.63) is 12.2 Å². The minimum Gasteiger partial charge on any atom is -0.469 e. The van der Waals surface area contributed by atoms with Crippen LogP contribution in [0, 0.1) is 5.92 Å². The fraction of sp³-hybridized carbons (Fsp3) is 0.857. The molecule has 3 N–H and O–H groups in total. The molecular weight excluding hydrogens is 332 g/mol. The van der Waals surface area contributed by atoms with E-state index in [0.29, 0.717) is 25.7 Å². The first-order valence-corrected chi connectivity index (χ1v) is 10.2. The van der Waals surface area contributed by atoms with Gasteiger partial charge in [-0.15, -0.1) is 0 Å². The van der Waals surface area contributed by atoms with Crippen LogP contribution >= 0.6 is 0 Å². The molecule has 4 atom stereocenters. The molecule has 0 aromatic rings. The third kappa shape index (κ3) is 9.15. The summed E-state index contributed by atoms with van der Waals surface area (Å²) in [6.45, 7) is 2.14. The van der Waals surface area contributed by atoms with Gasteiger partial charge in [0.05, 0.1) is 24.9 Å². The van der Waals surface area contributed by atoms with Crippen LogP contribution in [0.1, 0.15) is 84.0 Å². The number of carbonyl (C=O) groups is 1. The lowest BCUT2D eigenvalue weighted by molar-refractivity contribution is -0.140. The van der Waals surface area contributed by atoms with Gasteiger partial charge in [0, 0.05) is 18.8 Å². The molecule has 1 saturated carbocycles. The summed E-state index contributed by atoms with van der Waals surface area (Å²) in [4.78, 5) is 11.0. The summed E-state index contributed by atoms with van der Waals surface area (Å²) in [7, 11) is 1.40. The second-order valence-corrected chi connectivity index (χ2v) is 7.80. The van der Waals surface area contributed by atoms with E-state index in [1.807, 2.05) is 6.08 Å². The summed E-state index contributed by atoms with van der Waals surface area (Å²) in [5.74, 6) is -0.255. The van der Waals surface area contributed by atoms with Crippen molar-refractivity contribution in [2.45, 2.75) is 102 Å². The number of rotatable bonds is 13. The maximum atomic E-state index is 11.0. The SMILES string of the molecule is CCCCCC(O)C=CC1CC(O)(CCCCCCC(=O)OC)CC1O. The Balaban J connectivity index is 2.26. The molecule has 0 aliphatic heterocycles. The number of unbranched alkanes of at least 4 members (excludes halogenated alkanes) is 5. The van der Waals surface area contributed by atoms with Gasteiger partial charge in [-0.2, -0.15) is 0 Å². The standard InChI is InChI=1S/C21H38O5/c1-3-4-7-10-18(22)13-12-17-15-21(25,16-19(17)23)14-9-6-5-8-11-20(24)26-2/h12-13,17-19,22-23,25H,3-11,14-16H2,1-2H3. The van der Waals surface area contributed by atoms with Gasteiger partial charge in [-0.3, -0.25) is 4.79 Å². The van der Waals surface area contributed by atoms with Crippen LogP contribution in [-0.2, 0) is 9.53 Å². The van der Waals surface area contributed by atoms with Crippen LogP contribution in [-0.4, -0.2) is 46.2 Å². The molecule has 0 spiro atoms. The molecule has 5 nitrogen and oxygen atoms in total. The maximum absolute atomic E-state index is 11.0. The minimum absolute atomic E-state index is 0.0832. The second-order valence-electron chi connectivity index (χ2n) is 7.80. The highest BCUT2D eigenvalue weighted by Gasteiger charge is 2.41. The molecule has 0 saturated heterocycles. The van der Waals surface area contributed by atoms with Gasteiger partial charge in [-0.1, -0.05) is 57.6 Å². The molecule has 1 aliphatic rings. The quantitative estimate of drug-likeness (QED) is 0.262. The molecule has 5 heteroatoms. The zero-order chi connectivity index (χ0) is 19.4. The predicted octanol–water partition coefficient (Wildman–Crippen LogP) is 3.50. The van der Waals surface area contributed by atoms with Gasteiger partial charge in [0.1, 0.15) is 0 Å². The Morgan fingerprint density at radius 3 is 2.62 bits per heavy atom. The molecule has 1 rings (SSSR count). The molecule has 152 valence electrons. The monoisotopic (exact) mass is 370 g/mol. The third-order valence-corrected chi connectivity index (χ3v) is 5.38. The molecule has 26 heavy (non-hydrogen) atoms. The molecule has 4 unspecified atom stereocenters. The third-order valence-electron chi connectivity index (χ3n) is 5.38. The van der Waals surface area contributed by atoms with Gasteiger partial charge in [-0.25, -0.2) is 0 Å². The zero-order valence-electron chi connectivity index (χ0n) is 16.5. The normalized spacial score (nSPS) is 27.1. The molecule has 0 aromatic carbocycles. The van der Waals surface area contributed by atoms with E-state index in [1.54, 1.807) is 6.08 Å². The van der Waals surface area contributed by atoms with Crippen molar-refractivity contribution >= 4 is 5.97 Å². The van der Waals surface area contributed by atoms with E-state index in [1.165, 1.54) is 7.11 Å². The molecule has 0 amide bonds. The summed E-state index contributed by atoms with van der Waals surface area (Å²) < 4.78 is 4.61. The van der Waals surface area contributed by atoms with Crippen LogP contribution in [0.4, 0.5) is 0 Å². The molecule has 1 fully saturated rings. The summed E-state index contributed by atoms with van der Waals surface area (Å²) in [6, 6.07) is 0. The summed E-state index contributed by atoms with van der Waals surface area (Å²) in [6.07, 6.45) is 12.4. The lowest BCUT2D eigenvalue weighted by Gasteiger charge is -2.22. The average Bonchev–Trinajstić information content (AvgIpc) is 2.90. The van der Waals surface area contributed by atoms with Crippen LogP contribution in [0.5, 0.6) is 0 Å². The van der Waals surface area contributed by atoms with Crippen molar-refractivity contribution in [3.63, 3.8) is 0 Å². The van der Waals surface area contributed by atoms with E-state index in [4.69, 9.17) is 0 Å². The van der Waals surface area contributed by atoms with Gasteiger partial charge in [-0.05, 0) is 25.7 Å². The Morgan fingerprint density at radius 1 is 1.19 bits per heavy atom. The Kier molecular flexibility index (Phi) is 11.1. The highest BCUT2D eigenvalue weighted by Crippen LogP contribution is 2.39. The smallest absolute Gasteiger partial charge is 0.305 e. The van der Waals surface area contributed by atoms with Crippen molar-refractivity contribution in [3.8, 4) is 0 Å². The summed E-state index contributed by atoms with van der Waals surface area (Å²) >= 11 is 0. The van der Waals surface area contributed by atoms with E-state index in [2.05, 4.69) is 11.7 Å². The topological polar surface area (TPSA) is 87.0 Å². The van der Waals surface area contributed by atoms with Gasteiger partial charge in [0.25, 0.3) is 0 Å². The van der Waals surface area contributed by atoms with E-state index in [0.717, 1.165) is 51.4 Å². The zero-order valence-corrected chi connectivity index (χ0v) is 16.5. The lowest BCUT2D eigenvalue weighted by atomic mass is 9.92. The summed E-state index contributed by atoms with van der Waals surface area (Å²) in [5.41, 5.74) is -0.816. The number of ether oxygens (including phenoxy) is 1. The first-order chi connectivity index (χ1) is 12.4. The van der Waals surface area contributed by atoms with Gasteiger partial charge in [0.2, 0.25) is 0 Å². The first kappa shape index (κ1) is 23.1. The van der Waals surface area contributed by atoms with Crippen LogP contribution < -0.4 is 0 Å². The van der Waals surface area contributed by atoms with Gasteiger partial charge >= 0.3 is 5.97 Å². The first-order valence-electron chi connectivity index (χ1n) is 10.2. The van der Waals surface area contributed by atoms with E-state index < -0.39 is 17.8 Å². The Labute approximate surface area is 158 Å². The molecule has 0 radical (unpaired) electrons. The van der Waals surface area contributed by atoms with Gasteiger partial charge in [0.15, 0.2) is 0 Å². The highest BCUT2D eigenvalue weighted by molar-refractivity contribution is 5.68. The van der Waals surface area contributed by atoms with Crippen LogP contribution in [0.25, 0.3) is 0 Å². The van der Waals surface area contributed by atoms with Crippen LogP contribution in [0.3, 0.4) is 0 Å². The summed E-state index contributed by atoms with van der Waals surface area (Å²) in [5, 5.41) is 30.9. The Hall–Kier alpha value is -0.910. The second kappa shape index (κ2) is 12.5. The Bertz CT molecular complexity index is 423. The minimum atomic E-state index is -0.816. The van der Waals surface area contributed by atoms with E-state index in [9.17, 15) is 20.1 Å². The number of hydrogen-bond acceptors (Lipinski definition) is 5. The van der Waals surface area contributed by atoms with Crippen molar-refractivity contribution in [1.29, 1.82) is 0 Å². The largest absolute Gasteiger partial charge is 0.469 e. The number of methoxy groups -OCH3 is 1. The maximum Gasteiger partial charge on any atom is 0.305 e. The Morgan fingerprint density at radius 2 is 1.92 bits per heavy atom. The number of carbonyl (C=O) groups excluding carboxylic acids is 1. The molecule has 1 aliphatic carbocycles. The van der Waals surface area contributed by atoms with Crippen LogP contribution in [0.2, 0.25) is 0 Å².